The van der Waals surface area contributed by atoms with Gasteiger partial charge in [-0.2, -0.15) is 0 Å². The third-order valence-corrected chi connectivity index (χ3v) is 2.62. The molecule has 0 aliphatic rings. The molecule has 1 aromatic carbocycles. The standard InChI is InChI=1S/C14H15N3O2/c1-10-4-3-5-11(8-10)12-6-7-13(17-16-12)15-9-14(18)19-2/h3-8H,9H2,1-2H3,(H,15,17). The van der Waals surface area contributed by atoms with Crippen molar-refractivity contribution in [1.29, 1.82) is 0 Å². The number of anilines is 1. The van der Waals surface area contributed by atoms with Crippen molar-refractivity contribution in [3.63, 3.8) is 0 Å². The Balaban J connectivity index is 2.08. The highest BCUT2D eigenvalue weighted by Gasteiger charge is 2.03. The van der Waals surface area contributed by atoms with E-state index in [-0.39, 0.29) is 12.5 Å². The molecule has 5 nitrogen and oxygen atoms in total. The zero-order valence-corrected chi connectivity index (χ0v) is 10.9. The molecule has 0 saturated heterocycles. The lowest BCUT2D eigenvalue weighted by molar-refractivity contribution is -0.138. The molecule has 0 atom stereocenters. The maximum Gasteiger partial charge on any atom is 0.325 e. The van der Waals surface area contributed by atoms with Crippen LogP contribution in [0, 0.1) is 6.92 Å². The number of benzene rings is 1. The number of ether oxygens (including phenoxy) is 1. The molecule has 98 valence electrons. The minimum absolute atomic E-state index is 0.0783. The number of aryl methyl sites for hydroxylation is 1. The number of methoxy groups -OCH3 is 1. The van der Waals surface area contributed by atoms with Gasteiger partial charge < -0.3 is 10.1 Å². The molecule has 2 aromatic rings. The van der Waals surface area contributed by atoms with Crippen LogP contribution >= 0.6 is 0 Å². The van der Waals surface area contributed by atoms with Gasteiger partial charge in [0.1, 0.15) is 12.4 Å². The lowest BCUT2D eigenvalue weighted by Gasteiger charge is -2.05. The van der Waals surface area contributed by atoms with Crippen LogP contribution in [0.4, 0.5) is 5.82 Å². The van der Waals surface area contributed by atoms with Crippen LogP contribution in [0.25, 0.3) is 11.3 Å². The summed E-state index contributed by atoms with van der Waals surface area (Å²) in [7, 11) is 1.34. The monoisotopic (exact) mass is 257 g/mol. The van der Waals surface area contributed by atoms with Crippen LogP contribution in [-0.4, -0.2) is 29.8 Å². The molecule has 1 N–H and O–H groups in total. The number of carbonyl (C=O) groups excluding carboxylic acids is 1. The predicted molar refractivity (Wildman–Crippen MR) is 72.7 cm³/mol. The number of aromatic nitrogens is 2. The number of esters is 1. The summed E-state index contributed by atoms with van der Waals surface area (Å²) in [6.07, 6.45) is 0. The van der Waals surface area contributed by atoms with Crippen molar-refractivity contribution in [2.45, 2.75) is 6.92 Å². The summed E-state index contributed by atoms with van der Waals surface area (Å²) in [5.74, 6) is 0.200. The molecular formula is C14H15N3O2. The summed E-state index contributed by atoms with van der Waals surface area (Å²) in [5.41, 5.74) is 2.99. The fraction of sp³-hybridized carbons (Fsp3) is 0.214. The molecule has 0 amide bonds. The van der Waals surface area contributed by atoms with Crippen LogP contribution in [-0.2, 0) is 9.53 Å². The molecule has 0 saturated carbocycles. The van der Waals surface area contributed by atoms with Crippen LogP contribution in [0.1, 0.15) is 5.56 Å². The summed E-state index contributed by atoms with van der Waals surface area (Å²) < 4.78 is 4.53. The summed E-state index contributed by atoms with van der Waals surface area (Å²) >= 11 is 0. The third kappa shape index (κ3) is 3.51. The Morgan fingerprint density at radius 2 is 2.11 bits per heavy atom. The highest BCUT2D eigenvalue weighted by Crippen LogP contribution is 2.18. The minimum Gasteiger partial charge on any atom is -0.468 e. The van der Waals surface area contributed by atoms with E-state index in [1.165, 1.54) is 12.7 Å². The second kappa shape index (κ2) is 5.95. The molecule has 0 fully saturated rings. The van der Waals surface area contributed by atoms with Gasteiger partial charge in [-0.05, 0) is 25.1 Å². The van der Waals surface area contributed by atoms with Gasteiger partial charge >= 0.3 is 5.97 Å². The molecule has 19 heavy (non-hydrogen) atoms. The van der Waals surface area contributed by atoms with E-state index >= 15 is 0 Å². The molecule has 1 heterocycles. The first-order valence-electron chi connectivity index (χ1n) is 5.90. The van der Waals surface area contributed by atoms with E-state index in [0.717, 1.165) is 11.3 Å². The van der Waals surface area contributed by atoms with Gasteiger partial charge in [0.15, 0.2) is 0 Å². The Morgan fingerprint density at radius 3 is 2.74 bits per heavy atom. The highest BCUT2D eigenvalue weighted by molar-refractivity contribution is 5.74. The number of rotatable bonds is 4. The molecule has 5 heteroatoms. The van der Waals surface area contributed by atoms with Crippen molar-refractivity contribution in [3.05, 3.63) is 42.0 Å². The van der Waals surface area contributed by atoms with Crippen LogP contribution < -0.4 is 5.32 Å². The zero-order valence-electron chi connectivity index (χ0n) is 10.9. The maximum absolute atomic E-state index is 11.0. The number of nitrogens with zero attached hydrogens (tertiary/aromatic N) is 2. The van der Waals surface area contributed by atoms with Crippen molar-refractivity contribution in [2.24, 2.45) is 0 Å². The van der Waals surface area contributed by atoms with Gasteiger partial charge in [-0.25, -0.2) is 0 Å². The van der Waals surface area contributed by atoms with E-state index < -0.39 is 0 Å². The van der Waals surface area contributed by atoms with Gasteiger partial charge in [-0.3, -0.25) is 4.79 Å². The second-order valence-electron chi connectivity index (χ2n) is 4.10. The van der Waals surface area contributed by atoms with Crippen molar-refractivity contribution in [3.8, 4) is 11.3 Å². The Kier molecular flexibility index (Phi) is 4.07. The fourth-order valence-electron chi connectivity index (χ4n) is 1.62. The van der Waals surface area contributed by atoms with E-state index in [1.807, 2.05) is 37.3 Å². The fourth-order valence-corrected chi connectivity index (χ4v) is 1.62. The summed E-state index contributed by atoms with van der Waals surface area (Å²) in [4.78, 5) is 11.0. The molecule has 0 aliphatic heterocycles. The van der Waals surface area contributed by atoms with E-state index in [9.17, 15) is 4.79 Å². The Hall–Kier alpha value is -2.43. The molecular weight excluding hydrogens is 242 g/mol. The predicted octanol–water partition coefficient (Wildman–Crippen LogP) is 2.04. The molecule has 2 rings (SSSR count). The molecule has 0 spiro atoms. The van der Waals surface area contributed by atoms with E-state index in [1.54, 1.807) is 6.07 Å². The zero-order chi connectivity index (χ0) is 13.7. The lowest BCUT2D eigenvalue weighted by Crippen LogP contribution is -2.15. The van der Waals surface area contributed by atoms with Gasteiger partial charge in [0, 0.05) is 5.56 Å². The lowest BCUT2D eigenvalue weighted by atomic mass is 10.1. The smallest absolute Gasteiger partial charge is 0.325 e. The van der Waals surface area contributed by atoms with Gasteiger partial charge in [-0.1, -0.05) is 23.8 Å². The number of carbonyl (C=O) groups is 1. The first-order chi connectivity index (χ1) is 9.19. The van der Waals surface area contributed by atoms with Gasteiger partial charge in [0.05, 0.1) is 12.8 Å². The minimum atomic E-state index is -0.343. The Bertz CT molecular complexity index is 567. The maximum atomic E-state index is 11.0. The van der Waals surface area contributed by atoms with Crippen LogP contribution in [0.3, 0.4) is 0 Å². The topological polar surface area (TPSA) is 64.1 Å². The molecule has 0 unspecified atom stereocenters. The first-order valence-corrected chi connectivity index (χ1v) is 5.90. The average molecular weight is 257 g/mol. The normalized spacial score (nSPS) is 10.0. The van der Waals surface area contributed by atoms with Crippen LogP contribution in [0.2, 0.25) is 0 Å². The van der Waals surface area contributed by atoms with Crippen molar-refractivity contribution in [1.82, 2.24) is 10.2 Å². The first kappa shape index (κ1) is 13.0. The molecule has 0 aliphatic carbocycles. The van der Waals surface area contributed by atoms with Gasteiger partial charge in [0.2, 0.25) is 0 Å². The van der Waals surface area contributed by atoms with Gasteiger partial charge in [0.25, 0.3) is 0 Å². The summed E-state index contributed by atoms with van der Waals surface area (Å²) in [5, 5.41) is 11.0. The average Bonchev–Trinajstić information content (AvgIpc) is 2.45. The third-order valence-electron chi connectivity index (χ3n) is 2.62. The van der Waals surface area contributed by atoms with Crippen LogP contribution in [0.15, 0.2) is 36.4 Å². The Labute approximate surface area is 111 Å². The van der Waals surface area contributed by atoms with Gasteiger partial charge in [-0.15, -0.1) is 10.2 Å². The van der Waals surface area contributed by atoms with E-state index in [2.05, 4.69) is 20.3 Å². The molecule has 0 bridgehead atoms. The van der Waals surface area contributed by atoms with E-state index in [4.69, 9.17) is 0 Å². The SMILES string of the molecule is COC(=O)CNc1ccc(-c2cccc(C)c2)nn1. The van der Waals surface area contributed by atoms with Crippen molar-refractivity contribution in [2.75, 3.05) is 19.0 Å². The van der Waals surface area contributed by atoms with Crippen molar-refractivity contribution >= 4 is 11.8 Å². The molecule has 0 radical (unpaired) electrons. The van der Waals surface area contributed by atoms with Crippen LogP contribution in [0.5, 0.6) is 0 Å². The Morgan fingerprint density at radius 1 is 1.26 bits per heavy atom. The number of nitrogens with one attached hydrogen (secondary N) is 1. The largest absolute Gasteiger partial charge is 0.468 e. The van der Waals surface area contributed by atoms with Crippen molar-refractivity contribution < 1.29 is 9.53 Å². The highest BCUT2D eigenvalue weighted by atomic mass is 16.5. The quantitative estimate of drug-likeness (QED) is 0.849. The summed E-state index contributed by atoms with van der Waals surface area (Å²) in [6, 6.07) is 11.7. The second-order valence-corrected chi connectivity index (χ2v) is 4.10. The number of hydrogen-bond donors (Lipinski definition) is 1. The number of hydrogen-bond acceptors (Lipinski definition) is 5. The molecule has 1 aromatic heterocycles. The van der Waals surface area contributed by atoms with E-state index in [0.29, 0.717) is 5.82 Å². The summed E-state index contributed by atoms with van der Waals surface area (Å²) in [6.45, 7) is 2.11.